The molecule has 1 aliphatic carbocycles. The standard InChI is InChI=1S/C25H31FN6O/c1-18-15-31(14-13-27-18)25(9-3-2-4-10-25)17-30-23(33)19-16-32(24-28-11-6-12-29-24)21-8-5-7-20(26)22(19)21/h5-8,11-12,16,18,27H,2-4,9-10,13-15,17H2,1H3,(H,30,33)/t18-/m0/s1. The molecule has 0 radical (unpaired) electrons. The van der Waals surface area contributed by atoms with Crippen LogP contribution in [-0.4, -0.2) is 63.1 Å². The zero-order chi connectivity index (χ0) is 22.8. The van der Waals surface area contributed by atoms with Crippen LogP contribution in [0.15, 0.2) is 42.9 Å². The summed E-state index contributed by atoms with van der Waals surface area (Å²) in [6.45, 7) is 5.72. The molecule has 2 aliphatic rings. The van der Waals surface area contributed by atoms with Crippen LogP contribution < -0.4 is 10.6 Å². The number of halogens is 1. The lowest BCUT2D eigenvalue weighted by molar-refractivity contribution is 0.0273. The minimum absolute atomic E-state index is 0.0380. The third-order valence-corrected chi connectivity index (χ3v) is 7.19. The predicted molar refractivity (Wildman–Crippen MR) is 126 cm³/mol. The van der Waals surface area contributed by atoms with Gasteiger partial charge in [-0.05, 0) is 38.0 Å². The number of rotatable bonds is 5. The van der Waals surface area contributed by atoms with Gasteiger partial charge in [0, 0.05) is 61.7 Å². The molecule has 33 heavy (non-hydrogen) atoms. The number of aromatic nitrogens is 3. The molecular formula is C25H31FN6O. The lowest BCUT2D eigenvalue weighted by Crippen LogP contribution is -2.63. The van der Waals surface area contributed by atoms with Crippen LogP contribution in [0.4, 0.5) is 4.39 Å². The maximum atomic E-state index is 14.9. The Morgan fingerprint density at radius 2 is 2.00 bits per heavy atom. The van der Waals surface area contributed by atoms with Crippen molar-refractivity contribution in [3.63, 3.8) is 0 Å². The summed E-state index contributed by atoms with van der Waals surface area (Å²) in [6, 6.07) is 6.98. The van der Waals surface area contributed by atoms with Gasteiger partial charge in [-0.2, -0.15) is 0 Å². The molecule has 3 heterocycles. The van der Waals surface area contributed by atoms with Gasteiger partial charge >= 0.3 is 0 Å². The molecule has 174 valence electrons. The predicted octanol–water partition coefficient (Wildman–Crippen LogP) is 3.29. The van der Waals surface area contributed by atoms with Crippen molar-refractivity contribution in [3.8, 4) is 5.95 Å². The number of nitrogens with one attached hydrogen (secondary N) is 2. The fourth-order valence-corrected chi connectivity index (χ4v) is 5.51. The van der Waals surface area contributed by atoms with Crippen molar-refractivity contribution >= 4 is 16.8 Å². The van der Waals surface area contributed by atoms with E-state index >= 15 is 0 Å². The van der Waals surface area contributed by atoms with Crippen LogP contribution in [0.25, 0.3) is 16.9 Å². The Hall–Kier alpha value is -2.84. The average Bonchev–Trinajstić information content (AvgIpc) is 3.25. The van der Waals surface area contributed by atoms with E-state index in [9.17, 15) is 9.18 Å². The summed E-state index contributed by atoms with van der Waals surface area (Å²) in [5.41, 5.74) is 0.855. The van der Waals surface area contributed by atoms with Crippen molar-refractivity contribution in [2.24, 2.45) is 0 Å². The average molecular weight is 451 g/mol. The minimum Gasteiger partial charge on any atom is -0.350 e. The molecule has 0 unspecified atom stereocenters. The van der Waals surface area contributed by atoms with Crippen molar-refractivity contribution in [2.45, 2.75) is 50.6 Å². The van der Waals surface area contributed by atoms with Gasteiger partial charge in [-0.3, -0.25) is 14.3 Å². The van der Waals surface area contributed by atoms with E-state index in [0.29, 0.717) is 35.0 Å². The first-order valence-corrected chi connectivity index (χ1v) is 11.9. The van der Waals surface area contributed by atoms with Crippen LogP contribution in [0.5, 0.6) is 0 Å². The first kappa shape index (κ1) is 22.0. The molecule has 7 nitrogen and oxygen atoms in total. The molecule has 1 saturated heterocycles. The number of carbonyl (C=O) groups is 1. The second-order valence-electron chi connectivity index (χ2n) is 9.36. The summed E-state index contributed by atoms with van der Waals surface area (Å²) in [6.07, 6.45) is 10.7. The van der Waals surface area contributed by atoms with Gasteiger partial charge in [-0.1, -0.05) is 25.3 Å². The molecule has 0 bridgehead atoms. The van der Waals surface area contributed by atoms with Crippen LogP contribution >= 0.6 is 0 Å². The van der Waals surface area contributed by atoms with E-state index in [1.165, 1.54) is 25.3 Å². The molecule has 1 aliphatic heterocycles. The molecule has 2 aromatic heterocycles. The van der Waals surface area contributed by atoms with E-state index in [1.807, 2.05) is 0 Å². The Labute approximate surface area is 193 Å². The van der Waals surface area contributed by atoms with Gasteiger partial charge in [0.1, 0.15) is 5.82 Å². The summed E-state index contributed by atoms with van der Waals surface area (Å²) >= 11 is 0. The molecule has 3 aromatic rings. The first-order chi connectivity index (χ1) is 16.1. The number of nitrogens with zero attached hydrogens (tertiary/aromatic N) is 4. The number of benzene rings is 1. The second-order valence-corrected chi connectivity index (χ2v) is 9.36. The Kier molecular flexibility index (Phi) is 6.12. The fourth-order valence-electron chi connectivity index (χ4n) is 5.51. The van der Waals surface area contributed by atoms with Gasteiger partial charge in [0.05, 0.1) is 11.1 Å². The summed E-state index contributed by atoms with van der Waals surface area (Å²) in [5.74, 6) is -0.269. The molecule has 1 aromatic carbocycles. The highest BCUT2D eigenvalue weighted by molar-refractivity contribution is 6.07. The Morgan fingerprint density at radius 1 is 1.21 bits per heavy atom. The Bertz CT molecular complexity index is 1120. The molecular weight excluding hydrogens is 419 g/mol. The topological polar surface area (TPSA) is 75.1 Å². The zero-order valence-electron chi connectivity index (χ0n) is 19.1. The quantitative estimate of drug-likeness (QED) is 0.624. The van der Waals surface area contributed by atoms with Gasteiger partial charge < -0.3 is 10.6 Å². The van der Waals surface area contributed by atoms with Crippen molar-refractivity contribution in [3.05, 3.63) is 54.2 Å². The lowest BCUT2D eigenvalue weighted by atomic mass is 9.79. The third-order valence-electron chi connectivity index (χ3n) is 7.19. The van der Waals surface area contributed by atoms with Crippen LogP contribution in [0, 0.1) is 5.82 Å². The SMILES string of the molecule is C[C@H]1CN(C2(CNC(=O)c3cn(-c4ncccn4)c4cccc(F)c34)CCCCC2)CCN1. The van der Waals surface area contributed by atoms with Gasteiger partial charge in [-0.25, -0.2) is 14.4 Å². The molecule has 2 fully saturated rings. The number of fused-ring (bicyclic) bond motifs is 1. The minimum atomic E-state index is -0.421. The summed E-state index contributed by atoms with van der Waals surface area (Å²) < 4.78 is 16.6. The molecule has 8 heteroatoms. The zero-order valence-corrected chi connectivity index (χ0v) is 19.1. The largest absolute Gasteiger partial charge is 0.350 e. The van der Waals surface area contributed by atoms with E-state index in [1.54, 1.807) is 41.4 Å². The summed E-state index contributed by atoms with van der Waals surface area (Å²) in [4.78, 5) is 24.6. The van der Waals surface area contributed by atoms with E-state index in [0.717, 1.165) is 32.5 Å². The lowest BCUT2D eigenvalue weighted by Gasteiger charge is -2.49. The summed E-state index contributed by atoms with van der Waals surface area (Å²) in [7, 11) is 0. The maximum absolute atomic E-state index is 14.9. The molecule has 1 saturated carbocycles. The third kappa shape index (κ3) is 4.25. The fraction of sp³-hybridized carbons (Fsp3) is 0.480. The van der Waals surface area contributed by atoms with Gasteiger partial charge in [0.2, 0.25) is 5.95 Å². The van der Waals surface area contributed by atoms with E-state index in [2.05, 4.69) is 32.4 Å². The number of piperazine rings is 1. The van der Waals surface area contributed by atoms with Crippen LogP contribution in [0.2, 0.25) is 0 Å². The highest BCUT2D eigenvalue weighted by atomic mass is 19.1. The summed E-state index contributed by atoms with van der Waals surface area (Å²) in [5, 5.41) is 7.00. The van der Waals surface area contributed by atoms with Crippen molar-refractivity contribution < 1.29 is 9.18 Å². The van der Waals surface area contributed by atoms with Crippen LogP contribution in [0.1, 0.15) is 49.4 Å². The number of hydrogen-bond acceptors (Lipinski definition) is 5. The van der Waals surface area contributed by atoms with Crippen LogP contribution in [-0.2, 0) is 0 Å². The van der Waals surface area contributed by atoms with E-state index < -0.39 is 5.82 Å². The highest BCUT2D eigenvalue weighted by Crippen LogP contribution is 2.34. The smallest absolute Gasteiger partial charge is 0.253 e. The first-order valence-electron chi connectivity index (χ1n) is 11.9. The van der Waals surface area contributed by atoms with Crippen LogP contribution in [0.3, 0.4) is 0 Å². The second kappa shape index (κ2) is 9.19. The molecule has 0 spiro atoms. The van der Waals surface area contributed by atoms with Gasteiger partial charge in [-0.15, -0.1) is 0 Å². The van der Waals surface area contributed by atoms with Gasteiger partial charge in [0.25, 0.3) is 5.91 Å². The normalized spacial score (nSPS) is 21.2. The number of hydrogen-bond donors (Lipinski definition) is 2. The Balaban J connectivity index is 1.44. The highest BCUT2D eigenvalue weighted by Gasteiger charge is 2.39. The monoisotopic (exact) mass is 450 g/mol. The van der Waals surface area contributed by atoms with Crippen molar-refractivity contribution in [1.82, 2.24) is 30.1 Å². The maximum Gasteiger partial charge on any atom is 0.253 e. The molecule has 2 N–H and O–H groups in total. The molecule has 1 amide bonds. The van der Waals surface area contributed by atoms with Crippen molar-refractivity contribution in [2.75, 3.05) is 26.2 Å². The van der Waals surface area contributed by atoms with Gasteiger partial charge in [0.15, 0.2) is 0 Å². The molecule has 1 atom stereocenters. The van der Waals surface area contributed by atoms with E-state index in [-0.39, 0.29) is 11.4 Å². The van der Waals surface area contributed by atoms with Crippen molar-refractivity contribution in [1.29, 1.82) is 0 Å². The molecule has 5 rings (SSSR count). The van der Waals surface area contributed by atoms with E-state index in [4.69, 9.17) is 0 Å². The number of carbonyl (C=O) groups excluding carboxylic acids is 1. The Morgan fingerprint density at radius 3 is 2.76 bits per heavy atom. The number of amides is 1.